The molecule has 1 unspecified atom stereocenters. The number of hydrogen-bond donors (Lipinski definition) is 0. The molecule has 0 radical (unpaired) electrons. The van der Waals surface area contributed by atoms with E-state index in [0.717, 1.165) is 0 Å². The first-order chi connectivity index (χ1) is 21.2. The molecule has 0 bridgehead atoms. The van der Waals surface area contributed by atoms with Crippen LogP contribution in [0, 0.1) is 5.82 Å². The highest BCUT2D eigenvalue weighted by Crippen LogP contribution is 2.46. The van der Waals surface area contributed by atoms with Gasteiger partial charge in [-0.2, -0.15) is 18.3 Å². The van der Waals surface area contributed by atoms with Gasteiger partial charge in [0, 0.05) is 35.8 Å². The fourth-order valence-electron chi connectivity index (χ4n) is 5.39. The average Bonchev–Trinajstić information content (AvgIpc) is 3.53. The Kier molecular flexibility index (Phi) is 7.30. The zero-order chi connectivity index (χ0) is 32.3. The van der Waals surface area contributed by atoms with Crippen molar-refractivity contribution in [2.24, 2.45) is 0 Å². The number of pyridine rings is 2. The van der Waals surface area contributed by atoms with E-state index in [9.17, 15) is 13.2 Å². The summed E-state index contributed by atoms with van der Waals surface area (Å²) in [5.41, 5.74) is 0.900. The second-order valence-corrected chi connectivity index (χ2v) is 17.3. The standard InChI is InChI=1S/C33H32F4N6OSi/c1-20(27-28(33(35,36)37)26-12-8-10-14-42(26)30(27)25-11-7-9-13-39-25)43-31-24(18-38-19-40-31)29(41-43)21-15-22(34)17-23(16-21)44-45(5,6)32(2,3)4/h7-20H,1-6H3. The van der Waals surface area contributed by atoms with Crippen LogP contribution in [0.3, 0.4) is 0 Å². The maximum atomic E-state index is 15.1. The highest BCUT2D eigenvalue weighted by Gasteiger charge is 2.42. The van der Waals surface area contributed by atoms with Crippen LogP contribution in [0.25, 0.3) is 39.2 Å². The number of halogens is 4. The van der Waals surface area contributed by atoms with Crippen molar-refractivity contribution in [3.05, 3.63) is 96.5 Å². The van der Waals surface area contributed by atoms with Gasteiger partial charge >= 0.3 is 6.18 Å². The van der Waals surface area contributed by atoms with Gasteiger partial charge in [0.05, 0.1) is 33.9 Å². The largest absolute Gasteiger partial charge is 0.543 e. The monoisotopic (exact) mass is 632 g/mol. The van der Waals surface area contributed by atoms with Gasteiger partial charge in [0.15, 0.2) is 5.65 Å². The Bertz CT molecular complexity index is 2030. The highest BCUT2D eigenvalue weighted by molar-refractivity contribution is 6.74. The van der Waals surface area contributed by atoms with Crippen LogP contribution in [0.5, 0.6) is 5.75 Å². The summed E-state index contributed by atoms with van der Waals surface area (Å²) in [6.45, 7) is 12.0. The number of alkyl halides is 3. The molecule has 12 heteroatoms. The summed E-state index contributed by atoms with van der Waals surface area (Å²) in [5.74, 6) is -0.163. The van der Waals surface area contributed by atoms with Gasteiger partial charge in [-0.25, -0.2) is 19.0 Å². The van der Waals surface area contributed by atoms with Crippen molar-refractivity contribution in [2.75, 3.05) is 0 Å². The Labute approximate surface area is 258 Å². The van der Waals surface area contributed by atoms with E-state index in [2.05, 4.69) is 48.8 Å². The molecule has 6 aromatic rings. The number of aromatic nitrogens is 6. The van der Waals surface area contributed by atoms with E-state index < -0.39 is 31.9 Å². The van der Waals surface area contributed by atoms with Crippen molar-refractivity contribution in [3.63, 3.8) is 0 Å². The number of benzene rings is 1. The third-order valence-corrected chi connectivity index (χ3v) is 12.9. The molecule has 45 heavy (non-hydrogen) atoms. The van der Waals surface area contributed by atoms with E-state index in [0.29, 0.717) is 39.4 Å². The van der Waals surface area contributed by atoms with Crippen LogP contribution in [0.2, 0.25) is 18.1 Å². The van der Waals surface area contributed by atoms with Gasteiger partial charge in [-0.3, -0.25) is 4.98 Å². The fourth-order valence-corrected chi connectivity index (χ4v) is 6.40. The van der Waals surface area contributed by atoms with Crippen molar-refractivity contribution in [1.29, 1.82) is 0 Å². The Morgan fingerprint density at radius 3 is 2.40 bits per heavy atom. The molecule has 0 N–H and O–H groups in total. The van der Waals surface area contributed by atoms with E-state index in [-0.39, 0.29) is 16.1 Å². The van der Waals surface area contributed by atoms with Crippen molar-refractivity contribution in [1.82, 2.24) is 29.1 Å². The molecule has 0 fully saturated rings. The summed E-state index contributed by atoms with van der Waals surface area (Å²) in [5, 5.41) is 5.14. The molecule has 7 nitrogen and oxygen atoms in total. The smallest absolute Gasteiger partial charge is 0.418 e. The molecule has 5 aromatic heterocycles. The third-order valence-electron chi connectivity index (χ3n) is 8.55. The molecule has 5 heterocycles. The fraction of sp³-hybridized carbons (Fsp3) is 0.273. The first kappa shape index (κ1) is 30.4. The molecule has 1 aromatic carbocycles. The zero-order valence-corrected chi connectivity index (χ0v) is 26.7. The SMILES string of the molecule is CC(c1c(C(F)(F)F)c2ccccn2c1-c1ccccn1)n1nc(-c2cc(F)cc(O[Si](C)(C)C(C)(C)C)c2)c2cncnc21. The maximum absolute atomic E-state index is 15.1. The number of fused-ring (bicyclic) bond motifs is 2. The molecule has 0 aliphatic heterocycles. The molecule has 6 rings (SSSR count). The maximum Gasteiger partial charge on any atom is 0.418 e. The summed E-state index contributed by atoms with van der Waals surface area (Å²) >= 11 is 0. The van der Waals surface area contributed by atoms with Gasteiger partial charge in [-0.05, 0) is 61.5 Å². The van der Waals surface area contributed by atoms with E-state index in [1.807, 2.05) is 0 Å². The van der Waals surface area contributed by atoms with Gasteiger partial charge in [0.2, 0.25) is 8.32 Å². The Balaban J connectivity index is 1.58. The molecule has 0 aliphatic carbocycles. The van der Waals surface area contributed by atoms with Crippen LogP contribution in [-0.2, 0) is 6.18 Å². The summed E-state index contributed by atoms with van der Waals surface area (Å²) in [7, 11) is -2.31. The van der Waals surface area contributed by atoms with Crippen molar-refractivity contribution < 1.29 is 22.0 Å². The normalized spacial score (nSPS) is 13.5. The van der Waals surface area contributed by atoms with Crippen LogP contribution >= 0.6 is 0 Å². The quantitative estimate of drug-likeness (QED) is 0.135. The summed E-state index contributed by atoms with van der Waals surface area (Å²) in [4.78, 5) is 13.0. The minimum atomic E-state index is -4.69. The first-order valence-corrected chi connectivity index (χ1v) is 17.4. The number of rotatable bonds is 6. The predicted octanol–water partition coefficient (Wildman–Crippen LogP) is 8.96. The van der Waals surface area contributed by atoms with E-state index in [4.69, 9.17) is 9.52 Å². The minimum absolute atomic E-state index is 0.00337. The molecule has 0 saturated heterocycles. The lowest BCUT2D eigenvalue weighted by Crippen LogP contribution is -2.43. The van der Waals surface area contributed by atoms with Crippen LogP contribution in [0.1, 0.15) is 44.9 Å². The second kappa shape index (κ2) is 10.8. The molecule has 232 valence electrons. The third kappa shape index (κ3) is 5.37. The van der Waals surface area contributed by atoms with Crippen molar-refractivity contribution >= 4 is 24.9 Å². The van der Waals surface area contributed by atoms with Gasteiger partial charge in [-0.1, -0.05) is 32.9 Å². The minimum Gasteiger partial charge on any atom is -0.543 e. The van der Waals surface area contributed by atoms with E-state index in [1.54, 1.807) is 55.7 Å². The van der Waals surface area contributed by atoms with Crippen LogP contribution < -0.4 is 4.43 Å². The predicted molar refractivity (Wildman–Crippen MR) is 168 cm³/mol. The highest BCUT2D eigenvalue weighted by atomic mass is 28.4. The summed E-state index contributed by atoms with van der Waals surface area (Å²) in [6.07, 6.45) is 1.29. The lowest BCUT2D eigenvalue weighted by atomic mass is 10.00. The topological polar surface area (TPSA) is 70.1 Å². The molecule has 0 amide bonds. The summed E-state index contributed by atoms with van der Waals surface area (Å²) in [6, 6.07) is 13.2. The molecule has 0 saturated carbocycles. The van der Waals surface area contributed by atoms with Crippen LogP contribution in [0.4, 0.5) is 17.6 Å². The lowest BCUT2D eigenvalue weighted by Gasteiger charge is -2.36. The zero-order valence-electron chi connectivity index (χ0n) is 25.7. The van der Waals surface area contributed by atoms with Gasteiger partial charge in [-0.15, -0.1) is 0 Å². The summed E-state index contributed by atoms with van der Waals surface area (Å²) < 4.78 is 69.2. The Morgan fingerprint density at radius 1 is 0.956 bits per heavy atom. The van der Waals surface area contributed by atoms with E-state index >= 15 is 4.39 Å². The van der Waals surface area contributed by atoms with Gasteiger partial charge in [0.25, 0.3) is 0 Å². The van der Waals surface area contributed by atoms with Gasteiger partial charge in [0.1, 0.15) is 23.6 Å². The van der Waals surface area contributed by atoms with Crippen molar-refractivity contribution in [3.8, 4) is 28.4 Å². The molecule has 0 spiro atoms. The van der Waals surface area contributed by atoms with Gasteiger partial charge < -0.3 is 8.83 Å². The molecule has 1 atom stereocenters. The Hall–Kier alpha value is -4.58. The second-order valence-electron chi connectivity index (χ2n) is 12.6. The number of hydrogen-bond acceptors (Lipinski definition) is 5. The van der Waals surface area contributed by atoms with Crippen molar-refractivity contribution in [2.45, 2.75) is 58.0 Å². The molecule has 0 aliphatic rings. The Morgan fingerprint density at radius 2 is 1.71 bits per heavy atom. The number of nitrogens with zero attached hydrogens (tertiary/aromatic N) is 6. The average molecular weight is 633 g/mol. The van der Waals surface area contributed by atoms with Crippen LogP contribution in [0.15, 0.2) is 79.5 Å². The first-order valence-electron chi connectivity index (χ1n) is 14.5. The molecular formula is C33H32F4N6OSi. The lowest BCUT2D eigenvalue weighted by molar-refractivity contribution is -0.137. The van der Waals surface area contributed by atoms with E-state index in [1.165, 1.54) is 39.8 Å². The van der Waals surface area contributed by atoms with Crippen LogP contribution in [-0.4, -0.2) is 37.5 Å². The molecular weight excluding hydrogens is 600 g/mol.